The van der Waals surface area contributed by atoms with Crippen molar-refractivity contribution in [1.82, 2.24) is 9.78 Å². The van der Waals surface area contributed by atoms with Gasteiger partial charge in [-0.15, -0.1) is 0 Å². The van der Waals surface area contributed by atoms with Crippen molar-refractivity contribution in [3.63, 3.8) is 0 Å². The van der Waals surface area contributed by atoms with Gasteiger partial charge in [0, 0.05) is 23.2 Å². The summed E-state index contributed by atoms with van der Waals surface area (Å²) in [5, 5.41) is 5.02. The van der Waals surface area contributed by atoms with Gasteiger partial charge >= 0.3 is 0 Å². The topological polar surface area (TPSA) is 53.1 Å². The normalized spacial score (nSPS) is 10.6. The van der Waals surface area contributed by atoms with Gasteiger partial charge in [0.1, 0.15) is 17.3 Å². The molecule has 0 saturated carbocycles. The second-order valence-corrected chi connectivity index (χ2v) is 4.26. The van der Waals surface area contributed by atoms with Gasteiger partial charge in [0.15, 0.2) is 0 Å². The highest BCUT2D eigenvalue weighted by Crippen LogP contribution is 2.34. The molecule has 0 aliphatic rings. The van der Waals surface area contributed by atoms with Gasteiger partial charge in [-0.05, 0) is 25.1 Å². The predicted octanol–water partition coefficient (Wildman–Crippen LogP) is 2.64. The molecule has 1 aromatic heterocycles. The molecule has 4 nitrogen and oxygen atoms in total. The molecule has 5 heteroatoms. The van der Waals surface area contributed by atoms with Gasteiger partial charge in [-0.3, -0.25) is 4.68 Å². The second-order valence-electron chi connectivity index (χ2n) is 3.83. The maximum atomic E-state index is 5.93. The van der Waals surface area contributed by atoms with Crippen molar-refractivity contribution >= 4 is 17.4 Å². The van der Waals surface area contributed by atoms with Crippen LogP contribution in [0.5, 0.6) is 5.75 Å². The fourth-order valence-electron chi connectivity index (χ4n) is 1.76. The number of nitrogens with two attached hydrogens (primary N) is 1. The first-order valence-electron chi connectivity index (χ1n) is 5.17. The summed E-state index contributed by atoms with van der Waals surface area (Å²) in [4.78, 5) is 0. The van der Waals surface area contributed by atoms with Crippen LogP contribution in [-0.2, 0) is 7.05 Å². The van der Waals surface area contributed by atoms with E-state index in [0.29, 0.717) is 16.6 Å². The van der Waals surface area contributed by atoms with Crippen LogP contribution in [0.25, 0.3) is 11.3 Å². The van der Waals surface area contributed by atoms with Gasteiger partial charge in [0.05, 0.1) is 7.11 Å². The van der Waals surface area contributed by atoms with Crippen LogP contribution in [0.4, 0.5) is 5.82 Å². The Morgan fingerprint density at radius 1 is 1.41 bits per heavy atom. The predicted molar refractivity (Wildman–Crippen MR) is 69.4 cm³/mol. The van der Waals surface area contributed by atoms with Crippen molar-refractivity contribution in [3.8, 4) is 17.0 Å². The van der Waals surface area contributed by atoms with E-state index in [2.05, 4.69) is 5.10 Å². The molecule has 0 fully saturated rings. The highest BCUT2D eigenvalue weighted by Gasteiger charge is 2.15. The molecule has 90 valence electrons. The lowest BCUT2D eigenvalue weighted by atomic mass is 10.1. The van der Waals surface area contributed by atoms with E-state index in [1.165, 1.54) is 0 Å². The van der Waals surface area contributed by atoms with Crippen LogP contribution in [0.15, 0.2) is 18.2 Å². The highest BCUT2D eigenvalue weighted by atomic mass is 35.5. The summed E-state index contributed by atoms with van der Waals surface area (Å²) in [5.74, 6) is 1.34. The van der Waals surface area contributed by atoms with E-state index >= 15 is 0 Å². The lowest BCUT2D eigenvalue weighted by Crippen LogP contribution is -1.97. The minimum Gasteiger partial charge on any atom is -0.496 e. The van der Waals surface area contributed by atoms with E-state index < -0.39 is 0 Å². The number of methoxy groups -OCH3 is 1. The number of benzene rings is 1. The molecule has 2 N–H and O–H groups in total. The SMILES string of the molecule is COc1cc(Cl)ccc1-c1nn(C)c(N)c1C. The number of ether oxygens (including phenoxy) is 1. The van der Waals surface area contributed by atoms with Crippen LogP contribution in [0.3, 0.4) is 0 Å². The molecule has 17 heavy (non-hydrogen) atoms. The summed E-state index contributed by atoms with van der Waals surface area (Å²) in [5.41, 5.74) is 8.54. The minimum atomic E-state index is 0.632. The molecule has 0 radical (unpaired) electrons. The van der Waals surface area contributed by atoms with Crippen molar-refractivity contribution in [2.45, 2.75) is 6.92 Å². The smallest absolute Gasteiger partial charge is 0.129 e. The highest BCUT2D eigenvalue weighted by molar-refractivity contribution is 6.30. The lowest BCUT2D eigenvalue weighted by Gasteiger charge is -2.07. The zero-order valence-corrected chi connectivity index (χ0v) is 10.7. The Morgan fingerprint density at radius 2 is 2.12 bits per heavy atom. The molecule has 0 spiro atoms. The fraction of sp³-hybridized carbons (Fsp3) is 0.250. The summed E-state index contributed by atoms with van der Waals surface area (Å²) in [6.45, 7) is 1.94. The second kappa shape index (κ2) is 4.30. The first kappa shape index (κ1) is 11.8. The summed E-state index contributed by atoms with van der Waals surface area (Å²) >= 11 is 5.93. The average molecular weight is 252 g/mol. The summed E-state index contributed by atoms with van der Waals surface area (Å²) < 4.78 is 6.96. The first-order chi connectivity index (χ1) is 8.04. The molecule has 0 unspecified atom stereocenters. The third-order valence-electron chi connectivity index (χ3n) is 2.76. The van der Waals surface area contributed by atoms with Gasteiger partial charge in [-0.25, -0.2) is 0 Å². The number of hydrogen-bond donors (Lipinski definition) is 1. The number of aromatic nitrogens is 2. The summed E-state index contributed by atoms with van der Waals surface area (Å²) in [6.07, 6.45) is 0. The van der Waals surface area contributed by atoms with E-state index in [1.54, 1.807) is 17.9 Å². The third-order valence-corrected chi connectivity index (χ3v) is 2.99. The van der Waals surface area contributed by atoms with Gasteiger partial charge in [-0.2, -0.15) is 5.10 Å². The van der Waals surface area contributed by atoms with E-state index in [-0.39, 0.29) is 0 Å². The van der Waals surface area contributed by atoms with Gasteiger partial charge in [0.25, 0.3) is 0 Å². The van der Waals surface area contributed by atoms with Crippen LogP contribution in [0.2, 0.25) is 5.02 Å². The van der Waals surface area contributed by atoms with Crippen LogP contribution < -0.4 is 10.5 Å². The monoisotopic (exact) mass is 251 g/mol. The molecular weight excluding hydrogens is 238 g/mol. The van der Waals surface area contributed by atoms with Crippen molar-refractivity contribution in [3.05, 3.63) is 28.8 Å². The number of aryl methyl sites for hydroxylation is 1. The van der Waals surface area contributed by atoms with Crippen LogP contribution in [-0.4, -0.2) is 16.9 Å². The molecule has 2 aromatic rings. The Labute approximate surface area is 105 Å². The minimum absolute atomic E-state index is 0.632. The summed E-state index contributed by atoms with van der Waals surface area (Å²) in [7, 11) is 3.42. The Kier molecular flexibility index (Phi) is 2.98. The third kappa shape index (κ3) is 1.96. The zero-order valence-electron chi connectivity index (χ0n) is 9.99. The Morgan fingerprint density at radius 3 is 2.65 bits per heavy atom. The van der Waals surface area contributed by atoms with Gasteiger partial charge in [0.2, 0.25) is 0 Å². The Bertz CT molecular complexity index is 563. The largest absolute Gasteiger partial charge is 0.496 e. The molecule has 0 saturated heterocycles. The van der Waals surface area contributed by atoms with E-state index in [0.717, 1.165) is 16.8 Å². The van der Waals surface area contributed by atoms with Crippen LogP contribution >= 0.6 is 11.6 Å². The van der Waals surface area contributed by atoms with Gasteiger partial charge < -0.3 is 10.5 Å². The van der Waals surface area contributed by atoms with Crippen molar-refractivity contribution in [1.29, 1.82) is 0 Å². The molecule has 0 aliphatic heterocycles. The molecule has 1 aromatic carbocycles. The number of nitrogen functional groups attached to an aromatic ring is 1. The zero-order chi connectivity index (χ0) is 12.6. The quantitative estimate of drug-likeness (QED) is 0.893. The average Bonchev–Trinajstić information content (AvgIpc) is 2.57. The lowest BCUT2D eigenvalue weighted by molar-refractivity contribution is 0.416. The Hall–Kier alpha value is -1.68. The molecule has 1 heterocycles. The molecule has 0 atom stereocenters. The molecule has 2 rings (SSSR count). The number of hydrogen-bond acceptors (Lipinski definition) is 3. The van der Waals surface area contributed by atoms with E-state index in [1.807, 2.05) is 26.1 Å². The van der Waals surface area contributed by atoms with Crippen molar-refractivity contribution in [2.75, 3.05) is 12.8 Å². The Balaban J connectivity index is 2.64. The maximum absolute atomic E-state index is 5.93. The maximum Gasteiger partial charge on any atom is 0.129 e. The van der Waals surface area contributed by atoms with Crippen LogP contribution in [0.1, 0.15) is 5.56 Å². The summed E-state index contributed by atoms with van der Waals surface area (Å²) in [6, 6.07) is 5.46. The number of halogens is 1. The van der Waals surface area contributed by atoms with Crippen LogP contribution in [0, 0.1) is 6.92 Å². The number of nitrogens with zero attached hydrogens (tertiary/aromatic N) is 2. The molecular formula is C12H14ClN3O. The standard InChI is InChI=1S/C12H14ClN3O/c1-7-11(15-16(2)12(7)14)9-5-4-8(13)6-10(9)17-3/h4-6H,14H2,1-3H3. The van der Waals surface area contributed by atoms with Crippen molar-refractivity contribution < 1.29 is 4.74 Å². The van der Waals surface area contributed by atoms with Gasteiger partial charge in [-0.1, -0.05) is 11.6 Å². The van der Waals surface area contributed by atoms with Crippen molar-refractivity contribution in [2.24, 2.45) is 7.05 Å². The first-order valence-corrected chi connectivity index (χ1v) is 5.55. The number of rotatable bonds is 2. The fourth-order valence-corrected chi connectivity index (χ4v) is 1.92. The van der Waals surface area contributed by atoms with E-state index in [9.17, 15) is 0 Å². The molecule has 0 amide bonds. The molecule has 0 aliphatic carbocycles. The van der Waals surface area contributed by atoms with E-state index in [4.69, 9.17) is 22.1 Å². The number of anilines is 1. The molecule has 0 bridgehead atoms.